The summed E-state index contributed by atoms with van der Waals surface area (Å²) < 4.78 is 5.94. The largest absolute Gasteiger partial charge is 0.458 e. The van der Waals surface area contributed by atoms with Crippen LogP contribution >= 0.6 is 0 Å². The highest BCUT2D eigenvalue weighted by Gasteiger charge is 2.54. The van der Waals surface area contributed by atoms with Crippen molar-refractivity contribution in [2.24, 2.45) is 23.5 Å². The number of esters is 1. The number of carbonyl (C=O) groups is 1. The van der Waals surface area contributed by atoms with Crippen LogP contribution in [0.2, 0.25) is 0 Å². The van der Waals surface area contributed by atoms with Crippen LogP contribution in [-0.2, 0) is 9.53 Å². The molecule has 4 aliphatic rings. The molecule has 0 aromatic carbocycles. The Morgan fingerprint density at radius 2 is 1.67 bits per heavy atom. The standard InChI is InChI=1S/C15H25NO2/c1-3-14(2,16)13(17)18-15-7-10-4-11(8-15)6-12(5-10)9-15/h10-12H,3-9,16H2,1-2H3. The molecule has 102 valence electrons. The molecule has 4 bridgehead atoms. The third kappa shape index (κ3) is 1.97. The minimum absolute atomic E-state index is 0.151. The maximum absolute atomic E-state index is 12.2. The van der Waals surface area contributed by atoms with Gasteiger partial charge in [-0.05, 0) is 69.6 Å². The van der Waals surface area contributed by atoms with E-state index in [2.05, 4.69) is 0 Å². The number of hydrogen-bond acceptors (Lipinski definition) is 3. The summed E-state index contributed by atoms with van der Waals surface area (Å²) in [6, 6.07) is 0. The fraction of sp³-hybridized carbons (Fsp3) is 0.933. The summed E-state index contributed by atoms with van der Waals surface area (Å²) in [6.45, 7) is 3.73. The van der Waals surface area contributed by atoms with E-state index in [1.165, 1.54) is 19.3 Å². The first-order chi connectivity index (χ1) is 8.42. The van der Waals surface area contributed by atoms with E-state index >= 15 is 0 Å². The Hall–Kier alpha value is -0.570. The van der Waals surface area contributed by atoms with Crippen LogP contribution in [0.4, 0.5) is 0 Å². The Kier molecular flexibility index (Phi) is 2.74. The molecule has 3 nitrogen and oxygen atoms in total. The van der Waals surface area contributed by atoms with E-state index < -0.39 is 5.54 Å². The molecule has 0 amide bonds. The molecule has 3 heteroatoms. The molecule has 0 aromatic heterocycles. The molecule has 0 aliphatic heterocycles. The summed E-state index contributed by atoms with van der Waals surface area (Å²) in [6.07, 6.45) is 8.00. The molecule has 4 saturated carbocycles. The molecular weight excluding hydrogens is 226 g/mol. The third-order valence-electron chi connectivity index (χ3n) is 5.49. The van der Waals surface area contributed by atoms with Crippen molar-refractivity contribution in [2.75, 3.05) is 0 Å². The minimum Gasteiger partial charge on any atom is -0.458 e. The normalized spacial score (nSPS) is 44.7. The van der Waals surface area contributed by atoms with Crippen LogP contribution in [0, 0.1) is 17.8 Å². The zero-order valence-electron chi connectivity index (χ0n) is 11.6. The van der Waals surface area contributed by atoms with Crippen LogP contribution in [0.1, 0.15) is 58.8 Å². The summed E-state index contributed by atoms with van der Waals surface area (Å²) in [5, 5.41) is 0. The van der Waals surface area contributed by atoms with E-state index in [0.29, 0.717) is 6.42 Å². The van der Waals surface area contributed by atoms with Gasteiger partial charge in [0.15, 0.2) is 0 Å². The summed E-state index contributed by atoms with van der Waals surface area (Å²) in [7, 11) is 0. The Bertz CT molecular complexity index is 326. The predicted octanol–water partition coefficient (Wildman–Crippen LogP) is 2.63. The van der Waals surface area contributed by atoms with E-state index in [4.69, 9.17) is 10.5 Å². The number of ether oxygens (including phenoxy) is 1. The fourth-order valence-corrected chi connectivity index (χ4v) is 4.61. The minimum atomic E-state index is -0.816. The van der Waals surface area contributed by atoms with Gasteiger partial charge in [0.2, 0.25) is 0 Å². The average Bonchev–Trinajstić information content (AvgIpc) is 2.26. The maximum Gasteiger partial charge on any atom is 0.326 e. The van der Waals surface area contributed by atoms with Crippen molar-refractivity contribution in [3.8, 4) is 0 Å². The highest BCUT2D eigenvalue weighted by atomic mass is 16.6. The lowest BCUT2D eigenvalue weighted by molar-refractivity contribution is -0.191. The predicted molar refractivity (Wildman–Crippen MR) is 69.9 cm³/mol. The summed E-state index contributed by atoms with van der Waals surface area (Å²) >= 11 is 0. The molecule has 4 rings (SSSR count). The highest BCUT2D eigenvalue weighted by molar-refractivity contribution is 5.80. The topological polar surface area (TPSA) is 52.3 Å². The van der Waals surface area contributed by atoms with Crippen molar-refractivity contribution in [3.63, 3.8) is 0 Å². The van der Waals surface area contributed by atoms with Gasteiger partial charge >= 0.3 is 5.97 Å². The molecule has 18 heavy (non-hydrogen) atoms. The van der Waals surface area contributed by atoms with Crippen LogP contribution in [0.15, 0.2) is 0 Å². The fourth-order valence-electron chi connectivity index (χ4n) is 4.61. The Balaban J connectivity index is 1.74. The van der Waals surface area contributed by atoms with Crippen molar-refractivity contribution in [1.82, 2.24) is 0 Å². The van der Waals surface area contributed by atoms with E-state index in [1.54, 1.807) is 6.92 Å². The second-order valence-corrected chi connectivity index (χ2v) is 7.26. The lowest BCUT2D eigenvalue weighted by Gasteiger charge is -2.56. The summed E-state index contributed by atoms with van der Waals surface area (Å²) in [5.41, 5.74) is 5.05. The number of nitrogens with two attached hydrogens (primary N) is 1. The van der Waals surface area contributed by atoms with Crippen molar-refractivity contribution in [1.29, 1.82) is 0 Å². The van der Waals surface area contributed by atoms with Gasteiger partial charge in [0.25, 0.3) is 0 Å². The van der Waals surface area contributed by atoms with Crippen molar-refractivity contribution in [3.05, 3.63) is 0 Å². The van der Waals surface area contributed by atoms with Crippen LogP contribution in [0.3, 0.4) is 0 Å². The second kappa shape index (κ2) is 3.96. The van der Waals surface area contributed by atoms with Crippen molar-refractivity contribution in [2.45, 2.75) is 69.9 Å². The first-order valence-electron chi connectivity index (χ1n) is 7.45. The van der Waals surface area contributed by atoms with E-state index in [-0.39, 0.29) is 11.6 Å². The molecule has 0 aromatic rings. The Morgan fingerprint density at radius 3 is 2.06 bits per heavy atom. The Labute approximate surface area is 109 Å². The van der Waals surface area contributed by atoms with E-state index in [1.807, 2.05) is 6.92 Å². The quantitative estimate of drug-likeness (QED) is 0.784. The van der Waals surface area contributed by atoms with Gasteiger partial charge in [-0.2, -0.15) is 0 Å². The molecule has 1 unspecified atom stereocenters. The number of carbonyl (C=O) groups excluding carboxylic acids is 1. The van der Waals surface area contributed by atoms with Gasteiger partial charge in [-0.25, -0.2) is 0 Å². The molecule has 1 atom stereocenters. The zero-order valence-corrected chi connectivity index (χ0v) is 11.6. The van der Waals surface area contributed by atoms with Crippen LogP contribution in [0.25, 0.3) is 0 Å². The van der Waals surface area contributed by atoms with E-state index in [0.717, 1.165) is 37.0 Å². The second-order valence-electron chi connectivity index (χ2n) is 7.26. The van der Waals surface area contributed by atoms with Crippen LogP contribution in [-0.4, -0.2) is 17.1 Å². The number of rotatable bonds is 3. The molecule has 0 heterocycles. The molecule has 4 aliphatic carbocycles. The SMILES string of the molecule is CCC(C)(N)C(=O)OC12CC3CC(CC(C3)C1)C2. The number of hydrogen-bond donors (Lipinski definition) is 1. The van der Waals surface area contributed by atoms with Crippen molar-refractivity contribution >= 4 is 5.97 Å². The highest BCUT2D eigenvalue weighted by Crippen LogP contribution is 2.57. The lowest BCUT2D eigenvalue weighted by Crippen LogP contribution is -2.56. The lowest BCUT2D eigenvalue weighted by atomic mass is 9.54. The zero-order chi connectivity index (χ0) is 13.0. The van der Waals surface area contributed by atoms with Crippen LogP contribution < -0.4 is 5.73 Å². The molecule has 4 fully saturated rings. The van der Waals surface area contributed by atoms with Gasteiger partial charge in [-0.1, -0.05) is 6.92 Å². The summed E-state index contributed by atoms with van der Waals surface area (Å²) in [4.78, 5) is 12.2. The average molecular weight is 251 g/mol. The maximum atomic E-state index is 12.2. The van der Waals surface area contributed by atoms with Gasteiger partial charge in [-0.15, -0.1) is 0 Å². The van der Waals surface area contributed by atoms with Crippen molar-refractivity contribution < 1.29 is 9.53 Å². The van der Waals surface area contributed by atoms with Gasteiger partial charge in [0.05, 0.1) is 0 Å². The summed E-state index contributed by atoms with van der Waals surface area (Å²) in [5.74, 6) is 2.21. The van der Waals surface area contributed by atoms with Gasteiger partial charge in [0, 0.05) is 0 Å². The molecule has 0 saturated heterocycles. The molecule has 0 spiro atoms. The molecule has 2 N–H and O–H groups in total. The molecular formula is C15H25NO2. The first kappa shape index (κ1) is 12.5. The van der Waals surface area contributed by atoms with Gasteiger partial charge in [-0.3, -0.25) is 4.79 Å². The molecule has 0 radical (unpaired) electrons. The van der Waals surface area contributed by atoms with Gasteiger partial charge in [0.1, 0.15) is 11.1 Å². The van der Waals surface area contributed by atoms with Crippen LogP contribution in [0.5, 0.6) is 0 Å². The smallest absolute Gasteiger partial charge is 0.326 e. The third-order valence-corrected chi connectivity index (χ3v) is 5.49. The van der Waals surface area contributed by atoms with E-state index in [9.17, 15) is 4.79 Å². The first-order valence-corrected chi connectivity index (χ1v) is 7.45. The van der Waals surface area contributed by atoms with Gasteiger partial charge < -0.3 is 10.5 Å². The Morgan fingerprint density at radius 1 is 1.22 bits per heavy atom. The monoisotopic (exact) mass is 251 g/mol.